The summed E-state index contributed by atoms with van der Waals surface area (Å²) in [7, 11) is 0. The normalized spacial score (nSPS) is 10.1. The minimum atomic E-state index is 0.316. The summed E-state index contributed by atoms with van der Waals surface area (Å²) in [5, 5.41) is 1.04. The maximum Gasteiger partial charge on any atom is 0.168 e. The average Bonchev–Trinajstić information content (AvgIpc) is 2.29. The van der Waals surface area contributed by atoms with Crippen LogP contribution in [0.15, 0.2) is 30.6 Å². The first-order valence-electron chi connectivity index (χ1n) is 4.43. The van der Waals surface area contributed by atoms with Crippen molar-refractivity contribution in [2.45, 2.75) is 0 Å². The lowest BCUT2D eigenvalue weighted by atomic mass is 10.1. The summed E-state index contributed by atoms with van der Waals surface area (Å²) in [6, 6.07) is 6.66. The molecule has 1 aromatic carbocycles. The van der Waals surface area contributed by atoms with Crippen molar-refractivity contribution in [2.75, 3.05) is 0 Å². The van der Waals surface area contributed by atoms with Crippen molar-refractivity contribution in [2.24, 2.45) is 0 Å². The second kappa shape index (κ2) is 4.60. The van der Waals surface area contributed by atoms with Crippen molar-refractivity contribution in [3.63, 3.8) is 0 Å². The highest BCUT2D eigenvalue weighted by atomic mass is 35.5. The Kier molecular flexibility index (Phi) is 3.17. The summed E-state index contributed by atoms with van der Waals surface area (Å²) < 4.78 is 0. The molecule has 0 saturated carbocycles. The van der Waals surface area contributed by atoms with E-state index >= 15 is 0 Å². The molecule has 0 radical (unpaired) electrons. The number of rotatable bonds is 2. The van der Waals surface area contributed by atoms with E-state index in [1.54, 1.807) is 24.3 Å². The van der Waals surface area contributed by atoms with E-state index in [1.165, 1.54) is 6.33 Å². The molecule has 0 saturated heterocycles. The number of hydrogen-bond donors (Lipinski definition) is 0. The predicted molar refractivity (Wildman–Crippen MR) is 62.9 cm³/mol. The Morgan fingerprint density at radius 3 is 2.62 bits per heavy atom. The first-order chi connectivity index (χ1) is 7.70. The Bertz CT molecular complexity index is 543. The molecular weight excluding hydrogens is 247 g/mol. The molecule has 0 aliphatic heterocycles. The summed E-state index contributed by atoms with van der Waals surface area (Å²) in [6.45, 7) is 0. The van der Waals surface area contributed by atoms with Gasteiger partial charge in [0.25, 0.3) is 0 Å². The van der Waals surface area contributed by atoms with Crippen LogP contribution in [0.3, 0.4) is 0 Å². The molecule has 0 unspecified atom stereocenters. The van der Waals surface area contributed by atoms with Gasteiger partial charge in [0.1, 0.15) is 12.0 Å². The number of nitrogens with zero attached hydrogens (tertiary/aromatic N) is 2. The zero-order valence-corrected chi connectivity index (χ0v) is 9.53. The number of hydrogen-bond acceptors (Lipinski definition) is 3. The Morgan fingerprint density at radius 2 is 1.94 bits per heavy atom. The molecule has 2 aromatic rings. The van der Waals surface area contributed by atoms with Gasteiger partial charge in [0, 0.05) is 10.6 Å². The minimum Gasteiger partial charge on any atom is -0.296 e. The van der Waals surface area contributed by atoms with Crippen molar-refractivity contribution >= 4 is 29.5 Å². The van der Waals surface area contributed by atoms with E-state index in [-0.39, 0.29) is 0 Å². The first-order valence-corrected chi connectivity index (χ1v) is 5.19. The van der Waals surface area contributed by atoms with Gasteiger partial charge in [-0.2, -0.15) is 0 Å². The molecule has 0 aliphatic rings. The number of benzene rings is 1. The van der Waals surface area contributed by atoms with Crippen molar-refractivity contribution in [1.29, 1.82) is 0 Å². The van der Waals surface area contributed by atoms with Crippen molar-refractivity contribution < 1.29 is 4.79 Å². The number of carbonyl (C=O) groups excluding carboxylic acids is 1. The van der Waals surface area contributed by atoms with Gasteiger partial charge in [-0.05, 0) is 24.3 Å². The van der Waals surface area contributed by atoms with Crippen LogP contribution in [-0.4, -0.2) is 16.3 Å². The van der Waals surface area contributed by atoms with E-state index in [0.29, 0.717) is 27.7 Å². The summed E-state index contributed by atoms with van der Waals surface area (Å²) in [6.07, 6.45) is 1.99. The fourth-order valence-electron chi connectivity index (χ4n) is 1.28. The monoisotopic (exact) mass is 252 g/mol. The van der Waals surface area contributed by atoms with Gasteiger partial charge >= 0.3 is 0 Å². The van der Waals surface area contributed by atoms with E-state index in [2.05, 4.69) is 9.97 Å². The van der Waals surface area contributed by atoms with Crippen LogP contribution in [0.2, 0.25) is 10.0 Å². The van der Waals surface area contributed by atoms with Gasteiger partial charge in [-0.1, -0.05) is 23.2 Å². The predicted octanol–water partition coefficient (Wildman–Crippen LogP) is 3.26. The lowest BCUT2D eigenvalue weighted by Crippen LogP contribution is -1.91. The number of carbonyl (C=O) groups is 1. The lowest BCUT2D eigenvalue weighted by Gasteiger charge is -2.03. The standard InChI is InChI=1S/C11H6Cl2N2O/c12-7-1-2-9(10(13)3-7)11-4-8(5-16)14-6-15-11/h1-6H. The maximum absolute atomic E-state index is 10.6. The van der Waals surface area contributed by atoms with Gasteiger partial charge in [-0.3, -0.25) is 4.79 Å². The minimum absolute atomic E-state index is 0.316. The van der Waals surface area contributed by atoms with E-state index in [1.807, 2.05) is 0 Å². The third-order valence-electron chi connectivity index (χ3n) is 2.02. The molecule has 80 valence electrons. The molecule has 0 amide bonds. The van der Waals surface area contributed by atoms with E-state index in [4.69, 9.17) is 23.2 Å². The molecule has 2 rings (SSSR count). The van der Waals surface area contributed by atoms with Gasteiger partial charge < -0.3 is 0 Å². The van der Waals surface area contributed by atoms with Crippen molar-refractivity contribution in [1.82, 2.24) is 9.97 Å². The van der Waals surface area contributed by atoms with Crippen LogP contribution < -0.4 is 0 Å². The fraction of sp³-hybridized carbons (Fsp3) is 0. The summed E-state index contributed by atoms with van der Waals surface area (Å²) >= 11 is 11.8. The molecule has 0 bridgehead atoms. The van der Waals surface area contributed by atoms with Crippen molar-refractivity contribution in [3.05, 3.63) is 46.3 Å². The molecule has 0 N–H and O–H groups in total. The number of aromatic nitrogens is 2. The van der Waals surface area contributed by atoms with Crippen LogP contribution in [0.5, 0.6) is 0 Å². The van der Waals surface area contributed by atoms with Gasteiger partial charge in [0.05, 0.1) is 10.7 Å². The molecule has 1 heterocycles. The van der Waals surface area contributed by atoms with E-state index in [0.717, 1.165) is 5.56 Å². The zero-order chi connectivity index (χ0) is 11.5. The second-order valence-electron chi connectivity index (χ2n) is 3.07. The van der Waals surface area contributed by atoms with E-state index < -0.39 is 0 Å². The summed E-state index contributed by atoms with van der Waals surface area (Å²) in [4.78, 5) is 18.4. The zero-order valence-electron chi connectivity index (χ0n) is 8.02. The Morgan fingerprint density at radius 1 is 1.12 bits per heavy atom. The van der Waals surface area contributed by atoms with Crippen LogP contribution in [0, 0.1) is 0 Å². The Hall–Kier alpha value is -1.45. The molecule has 0 atom stereocenters. The molecule has 3 nitrogen and oxygen atoms in total. The summed E-state index contributed by atoms with van der Waals surface area (Å²) in [5.41, 5.74) is 1.63. The molecule has 0 fully saturated rings. The van der Waals surface area contributed by atoms with Gasteiger partial charge in [-0.25, -0.2) is 9.97 Å². The average molecular weight is 253 g/mol. The van der Waals surface area contributed by atoms with Crippen molar-refractivity contribution in [3.8, 4) is 11.3 Å². The number of aldehydes is 1. The first kappa shape index (κ1) is 11.0. The third kappa shape index (κ3) is 2.21. The van der Waals surface area contributed by atoms with Crippen LogP contribution in [0.25, 0.3) is 11.3 Å². The van der Waals surface area contributed by atoms with E-state index in [9.17, 15) is 4.79 Å². The van der Waals surface area contributed by atoms with Gasteiger partial charge in [-0.15, -0.1) is 0 Å². The van der Waals surface area contributed by atoms with Crippen LogP contribution in [0.4, 0.5) is 0 Å². The largest absolute Gasteiger partial charge is 0.296 e. The van der Waals surface area contributed by atoms with Crippen LogP contribution in [0.1, 0.15) is 10.5 Å². The lowest BCUT2D eigenvalue weighted by molar-refractivity contribution is 0.111. The highest BCUT2D eigenvalue weighted by molar-refractivity contribution is 6.36. The van der Waals surface area contributed by atoms with Gasteiger partial charge in [0.2, 0.25) is 0 Å². The molecule has 0 aliphatic carbocycles. The topological polar surface area (TPSA) is 42.9 Å². The molecule has 0 spiro atoms. The summed E-state index contributed by atoms with van der Waals surface area (Å²) in [5.74, 6) is 0. The third-order valence-corrected chi connectivity index (χ3v) is 2.56. The Balaban J connectivity index is 2.53. The second-order valence-corrected chi connectivity index (χ2v) is 3.91. The maximum atomic E-state index is 10.6. The SMILES string of the molecule is O=Cc1cc(-c2ccc(Cl)cc2Cl)ncn1. The number of halogens is 2. The molecular formula is C11H6Cl2N2O. The van der Waals surface area contributed by atoms with Gasteiger partial charge in [0.15, 0.2) is 6.29 Å². The highest BCUT2D eigenvalue weighted by Gasteiger charge is 2.06. The molecule has 16 heavy (non-hydrogen) atoms. The van der Waals surface area contributed by atoms with Crippen LogP contribution in [-0.2, 0) is 0 Å². The van der Waals surface area contributed by atoms with Crippen LogP contribution >= 0.6 is 23.2 Å². The molecule has 5 heteroatoms. The molecule has 1 aromatic heterocycles. The smallest absolute Gasteiger partial charge is 0.168 e. The fourth-order valence-corrected chi connectivity index (χ4v) is 1.79. The Labute approximate surface area is 102 Å². The quantitative estimate of drug-likeness (QED) is 0.771. The highest BCUT2D eigenvalue weighted by Crippen LogP contribution is 2.28.